The third-order valence-electron chi connectivity index (χ3n) is 3.47. The molecule has 3 heterocycles. The Hall–Kier alpha value is -2.44. The molecular weight excluding hydrogens is 258 g/mol. The molecule has 1 saturated heterocycles. The van der Waals surface area contributed by atoms with Crippen LogP contribution in [0.25, 0.3) is 5.82 Å². The molecule has 0 radical (unpaired) electrons. The third kappa shape index (κ3) is 2.47. The molecule has 20 heavy (non-hydrogen) atoms. The Bertz CT molecular complexity index is 599. The van der Waals surface area contributed by atoms with E-state index in [-0.39, 0.29) is 5.92 Å². The highest BCUT2D eigenvalue weighted by Crippen LogP contribution is 2.22. The van der Waals surface area contributed by atoms with E-state index in [2.05, 4.69) is 15.1 Å². The molecule has 7 heteroatoms. The summed E-state index contributed by atoms with van der Waals surface area (Å²) in [4.78, 5) is 21.5. The molecule has 0 aromatic carbocycles. The Kier molecular flexibility index (Phi) is 3.32. The van der Waals surface area contributed by atoms with Crippen LogP contribution in [0.1, 0.15) is 12.8 Å². The highest BCUT2D eigenvalue weighted by atomic mass is 16.4. The number of piperidine rings is 1. The molecule has 1 aliphatic heterocycles. The summed E-state index contributed by atoms with van der Waals surface area (Å²) in [7, 11) is 0. The monoisotopic (exact) mass is 273 g/mol. The lowest BCUT2D eigenvalue weighted by atomic mass is 9.98. The fraction of sp³-hybridized carbons (Fsp3) is 0.385. The number of hydrogen-bond donors (Lipinski definition) is 1. The largest absolute Gasteiger partial charge is 0.481 e. The summed E-state index contributed by atoms with van der Waals surface area (Å²) in [6.07, 6.45) is 6.56. The van der Waals surface area contributed by atoms with E-state index in [1.165, 1.54) is 6.33 Å². The second-order valence-corrected chi connectivity index (χ2v) is 4.81. The molecule has 0 saturated carbocycles. The molecule has 0 bridgehead atoms. The molecule has 3 rings (SSSR count). The summed E-state index contributed by atoms with van der Waals surface area (Å²) in [5, 5.41) is 13.3. The zero-order valence-electron chi connectivity index (χ0n) is 10.9. The van der Waals surface area contributed by atoms with Crippen molar-refractivity contribution in [2.45, 2.75) is 12.8 Å². The van der Waals surface area contributed by atoms with Gasteiger partial charge in [0.2, 0.25) is 0 Å². The molecule has 0 unspecified atom stereocenters. The first kappa shape index (κ1) is 12.6. The number of carboxylic acids is 1. The van der Waals surface area contributed by atoms with Crippen molar-refractivity contribution in [2.75, 3.05) is 18.0 Å². The summed E-state index contributed by atoms with van der Waals surface area (Å²) < 4.78 is 1.66. The molecule has 7 nitrogen and oxygen atoms in total. The molecular formula is C13H15N5O2. The topological polar surface area (TPSA) is 84.1 Å². The van der Waals surface area contributed by atoms with Gasteiger partial charge in [0.05, 0.1) is 5.92 Å². The van der Waals surface area contributed by atoms with Crippen molar-refractivity contribution in [3.05, 3.63) is 30.9 Å². The lowest BCUT2D eigenvalue weighted by Crippen LogP contribution is -2.39. The fourth-order valence-electron chi connectivity index (χ4n) is 2.43. The second-order valence-electron chi connectivity index (χ2n) is 4.81. The second kappa shape index (κ2) is 5.28. The minimum atomic E-state index is -0.740. The van der Waals surface area contributed by atoms with Crippen molar-refractivity contribution >= 4 is 11.8 Å². The number of anilines is 1. The zero-order valence-corrected chi connectivity index (χ0v) is 10.9. The first-order valence-corrected chi connectivity index (χ1v) is 6.54. The Morgan fingerprint density at radius 1 is 1.35 bits per heavy atom. The highest BCUT2D eigenvalue weighted by Gasteiger charge is 2.26. The summed E-state index contributed by atoms with van der Waals surface area (Å²) in [6.45, 7) is 1.31. The number of aliphatic carboxylic acids is 1. The van der Waals surface area contributed by atoms with Crippen molar-refractivity contribution in [3.8, 4) is 5.82 Å². The van der Waals surface area contributed by atoms with Gasteiger partial charge in [-0.3, -0.25) is 4.79 Å². The van der Waals surface area contributed by atoms with E-state index in [9.17, 15) is 4.79 Å². The Morgan fingerprint density at radius 3 is 2.95 bits per heavy atom. The normalized spacial score (nSPS) is 19.0. The number of carboxylic acid groups (broad SMARTS) is 1. The van der Waals surface area contributed by atoms with Gasteiger partial charge in [-0.1, -0.05) is 0 Å². The predicted octanol–water partition coefficient (Wildman–Crippen LogP) is 0.963. The van der Waals surface area contributed by atoms with Gasteiger partial charge in [0.25, 0.3) is 0 Å². The van der Waals surface area contributed by atoms with E-state index in [0.29, 0.717) is 12.4 Å². The van der Waals surface area contributed by atoms with Gasteiger partial charge in [0.15, 0.2) is 5.82 Å². The molecule has 1 aliphatic rings. The van der Waals surface area contributed by atoms with Gasteiger partial charge in [0.1, 0.15) is 12.1 Å². The summed E-state index contributed by atoms with van der Waals surface area (Å²) in [5.41, 5.74) is 0. The van der Waals surface area contributed by atoms with Gasteiger partial charge in [-0.2, -0.15) is 5.10 Å². The molecule has 1 atom stereocenters. The number of rotatable bonds is 3. The van der Waals surface area contributed by atoms with Crippen LogP contribution in [-0.4, -0.2) is 43.9 Å². The van der Waals surface area contributed by atoms with Crippen LogP contribution in [0.2, 0.25) is 0 Å². The number of aromatic nitrogens is 4. The zero-order chi connectivity index (χ0) is 13.9. The molecule has 0 spiro atoms. The van der Waals surface area contributed by atoms with Gasteiger partial charge in [-0.15, -0.1) is 0 Å². The summed E-state index contributed by atoms with van der Waals surface area (Å²) in [5.74, 6) is 0.358. The van der Waals surface area contributed by atoms with Crippen LogP contribution in [0.5, 0.6) is 0 Å². The molecule has 1 fully saturated rings. The smallest absolute Gasteiger partial charge is 0.308 e. The van der Waals surface area contributed by atoms with Gasteiger partial charge >= 0.3 is 5.97 Å². The first-order valence-electron chi connectivity index (χ1n) is 6.54. The minimum Gasteiger partial charge on any atom is -0.481 e. The summed E-state index contributed by atoms with van der Waals surface area (Å²) in [6, 6.07) is 3.65. The Labute approximate surface area is 115 Å². The van der Waals surface area contributed by atoms with E-state index in [0.717, 1.165) is 25.2 Å². The van der Waals surface area contributed by atoms with Crippen LogP contribution in [0.4, 0.5) is 5.82 Å². The Morgan fingerprint density at radius 2 is 2.20 bits per heavy atom. The Balaban J connectivity index is 1.83. The van der Waals surface area contributed by atoms with Crippen molar-refractivity contribution in [1.29, 1.82) is 0 Å². The van der Waals surface area contributed by atoms with E-state index >= 15 is 0 Å². The molecule has 0 amide bonds. The lowest BCUT2D eigenvalue weighted by Gasteiger charge is -2.31. The third-order valence-corrected chi connectivity index (χ3v) is 3.47. The number of hydrogen-bond acceptors (Lipinski definition) is 5. The van der Waals surface area contributed by atoms with Crippen molar-refractivity contribution in [2.24, 2.45) is 5.92 Å². The van der Waals surface area contributed by atoms with Gasteiger partial charge in [-0.25, -0.2) is 14.6 Å². The van der Waals surface area contributed by atoms with Gasteiger partial charge in [0, 0.05) is 31.5 Å². The van der Waals surface area contributed by atoms with Crippen LogP contribution in [-0.2, 0) is 4.79 Å². The van der Waals surface area contributed by atoms with Crippen LogP contribution in [0, 0.1) is 5.92 Å². The minimum absolute atomic E-state index is 0.327. The van der Waals surface area contributed by atoms with Gasteiger partial charge < -0.3 is 10.0 Å². The first-order chi connectivity index (χ1) is 9.74. The van der Waals surface area contributed by atoms with Gasteiger partial charge in [-0.05, 0) is 18.9 Å². The highest BCUT2D eigenvalue weighted by molar-refractivity contribution is 5.71. The molecule has 2 aromatic rings. The van der Waals surface area contributed by atoms with E-state index in [1.54, 1.807) is 10.9 Å². The molecule has 0 aliphatic carbocycles. The fourth-order valence-corrected chi connectivity index (χ4v) is 2.43. The van der Waals surface area contributed by atoms with Crippen molar-refractivity contribution in [3.63, 3.8) is 0 Å². The molecule has 1 N–H and O–H groups in total. The van der Waals surface area contributed by atoms with Crippen LogP contribution in [0.15, 0.2) is 30.9 Å². The van der Waals surface area contributed by atoms with E-state index in [1.807, 2.05) is 23.2 Å². The molecule has 2 aromatic heterocycles. The van der Waals surface area contributed by atoms with Crippen LogP contribution >= 0.6 is 0 Å². The number of nitrogens with zero attached hydrogens (tertiary/aromatic N) is 5. The maximum Gasteiger partial charge on any atom is 0.308 e. The van der Waals surface area contributed by atoms with Crippen molar-refractivity contribution < 1.29 is 9.90 Å². The number of carbonyl (C=O) groups is 1. The lowest BCUT2D eigenvalue weighted by molar-refractivity contribution is -0.141. The molecule has 104 valence electrons. The average Bonchev–Trinajstić information content (AvgIpc) is 3.02. The predicted molar refractivity (Wildman–Crippen MR) is 71.7 cm³/mol. The van der Waals surface area contributed by atoms with Crippen molar-refractivity contribution in [1.82, 2.24) is 19.7 Å². The van der Waals surface area contributed by atoms with Crippen LogP contribution in [0.3, 0.4) is 0 Å². The quantitative estimate of drug-likeness (QED) is 0.896. The average molecular weight is 273 g/mol. The maximum atomic E-state index is 11.1. The standard InChI is InChI=1S/C13H15N5O2/c19-13(20)10-3-1-5-17(8-10)11-7-12(15-9-14-11)18-6-2-4-16-18/h2,4,6-7,9-10H,1,3,5,8H2,(H,19,20)/t10-/m0/s1. The maximum absolute atomic E-state index is 11.1. The SMILES string of the molecule is O=C(O)[C@H]1CCCN(c2cc(-n3cccn3)ncn2)C1. The van der Waals surface area contributed by atoms with E-state index < -0.39 is 5.97 Å². The summed E-state index contributed by atoms with van der Waals surface area (Å²) >= 11 is 0. The van der Waals surface area contributed by atoms with Crippen LogP contribution < -0.4 is 4.90 Å². The van der Waals surface area contributed by atoms with E-state index in [4.69, 9.17) is 5.11 Å².